The van der Waals surface area contributed by atoms with Crippen LogP contribution in [0.3, 0.4) is 0 Å². The van der Waals surface area contributed by atoms with Crippen LogP contribution < -0.4 is 5.43 Å². The van der Waals surface area contributed by atoms with Crippen molar-refractivity contribution in [3.8, 4) is 17.2 Å². The van der Waals surface area contributed by atoms with Gasteiger partial charge in [0.25, 0.3) is 0 Å². The molecule has 0 saturated carbocycles. The smallest absolute Gasteiger partial charge is 0.213 e. The molecule has 1 heterocycles. The topological polar surface area (TPSA) is 89.8 Å². The van der Waals surface area contributed by atoms with Gasteiger partial charge in [-0.25, -0.2) is 0 Å². The Morgan fingerprint density at radius 3 is 2.82 bits per heavy atom. The van der Waals surface area contributed by atoms with E-state index in [0.29, 0.717) is 16.7 Å². The van der Waals surface area contributed by atoms with Gasteiger partial charge in [-0.2, -0.15) is 10.4 Å². The lowest BCUT2D eigenvalue weighted by Gasteiger charge is -2.03. The van der Waals surface area contributed by atoms with Crippen molar-refractivity contribution in [2.45, 2.75) is 6.61 Å². The predicted octanol–water partition coefficient (Wildman–Crippen LogP) is 0.801. The molecule has 0 spiro atoms. The first-order valence-electron chi connectivity index (χ1n) is 4.95. The van der Waals surface area contributed by atoms with Gasteiger partial charge in [-0.1, -0.05) is 18.2 Å². The van der Waals surface area contributed by atoms with Crippen LogP contribution in [0.5, 0.6) is 0 Å². The van der Waals surface area contributed by atoms with Gasteiger partial charge < -0.3 is 5.11 Å². The Morgan fingerprint density at radius 1 is 1.35 bits per heavy atom. The van der Waals surface area contributed by atoms with Crippen molar-refractivity contribution in [2.24, 2.45) is 0 Å². The molecule has 0 saturated heterocycles. The Balaban J connectivity index is 2.70. The minimum atomic E-state index is -0.433. The minimum absolute atomic E-state index is 0.0373. The Hall–Kier alpha value is -2.45. The molecule has 5 heteroatoms. The number of hydrogen-bond acceptors (Lipinski definition) is 4. The van der Waals surface area contributed by atoms with Gasteiger partial charge in [0.05, 0.1) is 23.8 Å². The summed E-state index contributed by atoms with van der Waals surface area (Å²) in [5.41, 5.74) is 0.951. The third kappa shape index (κ3) is 1.94. The Bertz CT molecular complexity index is 641. The molecular weight excluding hydrogens is 218 g/mol. The highest BCUT2D eigenvalue weighted by Crippen LogP contribution is 2.19. The third-order valence-corrected chi connectivity index (χ3v) is 2.40. The third-order valence-electron chi connectivity index (χ3n) is 2.40. The van der Waals surface area contributed by atoms with Crippen LogP contribution >= 0.6 is 0 Å². The molecule has 1 aromatic carbocycles. The largest absolute Gasteiger partial charge is 0.390 e. The number of aliphatic hydroxyl groups is 1. The van der Waals surface area contributed by atoms with Gasteiger partial charge in [0, 0.05) is 11.8 Å². The maximum absolute atomic E-state index is 11.9. The molecule has 1 aromatic heterocycles. The Labute approximate surface area is 97.0 Å². The van der Waals surface area contributed by atoms with Crippen molar-refractivity contribution < 1.29 is 5.11 Å². The lowest BCUT2D eigenvalue weighted by atomic mass is 10.0. The summed E-state index contributed by atoms with van der Waals surface area (Å²) in [5, 5.41) is 24.2. The van der Waals surface area contributed by atoms with E-state index >= 15 is 0 Å². The molecule has 0 aliphatic heterocycles. The summed E-state index contributed by atoms with van der Waals surface area (Å²) in [7, 11) is 0. The summed E-state index contributed by atoms with van der Waals surface area (Å²) in [4.78, 5) is 11.9. The zero-order valence-corrected chi connectivity index (χ0v) is 8.84. The number of aromatic nitrogens is 2. The SMILES string of the molecule is N#Cc1ccccc1-c1c[nH]nc(CO)c1=O. The summed E-state index contributed by atoms with van der Waals surface area (Å²) in [6.45, 7) is -0.433. The van der Waals surface area contributed by atoms with Crippen LogP contribution in [0, 0.1) is 11.3 Å². The monoisotopic (exact) mass is 227 g/mol. The van der Waals surface area contributed by atoms with Gasteiger partial charge in [0.1, 0.15) is 5.69 Å². The zero-order valence-electron chi connectivity index (χ0n) is 8.84. The number of benzene rings is 1. The van der Waals surface area contributed by atoms with Crippen molar-refractivity contribution in [1.29, 1.82) is 5.26 Å². The predicted molar refractivity (Wildman–Crippen MR) is 60.9 cm³/mol. The molecule has 0 amide bonds. The van der Waals surface area contributed by atoms with Gasteiger partial charge in [-0.3, -0.25) is 9.89 Å². The fourth-order valence-electron chi connectivity index (χ4n) is 1.57. The van der Waals surface area contributed by atoms with Crippen molar-refractivity contribution in [2.75, 3.05) is 0 Å². The minimum Gasteiger partial charge on any atom is -0.390 e. The quantitative estimate of drug-likeness (QED) is 0.794. The molecule has 5 nitrogen and oxygen atoms in total. The fourth-order valence-corrected chi connectivity index (χ4v) is 1.57. The maximum Gasteiger partial charge on any atom is 0.213 e. The van der Waals surface area contributed by atoms with Crippen molar-refractivity contribution in [1.82, 2.24) is 10.2 Å². The summed E-state index contributed by atoms with van der Waals surface area (Å²) in [6.07, 6.45) is 1.43. The highest BCUT2D eigenvalue weighted by Gasteiger charge is 2.11. The van der Waals surface area contributed by atoms with E-state index < -0.39 is 6.61 Å². The van der Waals surface area contributed by atoms with E-state index in [4.69, 9.17) is 10.4 Å². The maximum atomic E-state index is 11.9. The molecular formula is C12H9N3O2. The fraction of sp³-hybridized carbons (Fsp3) is 0.0833. The number of nitrogens with zero attached hydrogens (tertiary/aromatic N) is 2. The van der Waals surface area contributed by atoms with Crippen molar-refractivity contribution >= 4 is 0 Å². The van der Waals surface area contributed by atoms with Crippen LogP contribution in [-0.2, 0) is 6.61 Å². The molecule has 0 atom stereocenters. The highest BCUT2D eigenvalue weighted by atomic mass is 16.3. The molecule has 0 bridgehead atoms. The van der Waals surface area contributed by atoms with Crippen molar-refractivity contribution in [3.05, 3.63) is 51.9 Å². The summed E-state index contributed by atoms with van der Waals surface area (Å²) in [6, 6.07) is 8.81. The van der Waals surface area contributed by atoms with Crippen LogP contribution in [0.15, 0.2) is 35.3 Å². The number of aromatic amines is 1. The number of nitriles is 1. The number of hydrogen-bond donors (Lipinski definition) is 2. The van der Waals surface area contributed by atoms with Crippen LogP contribution in [-0.4, -0.2) is 15.3 Å². The van der Waals surface area contributed by atoms with E-state index in [2.05, 4.69) is 10.2 Å². The zero-order chi connectivity index (χ0) is 12.3. The first kappa shape index (κ1) is 11.0. The average Bonchev–Trinajstić information content (AvgIpc) is 2.39. The van der Waals surface area contributed by atoms with Crippen LogP contribution in [0.4, 0.5) is 0 Å². The first-order valence-corrected chi connectivity index (χ1v) is 4.95. The molecule has 0 aliphatic rings. The second-order valence-corrected chi connectivity index (χ2v) is 3.39. The number of nitrogens with one attached hydrogen (secondary N) is 1. The number of rotatable bonds is 2. The Morgan fingerprint density at radius 2 is 2.12 bits per heavy atom. The molecule has 2 N–H and O–H groups in total. The normalized spacial score (nSPS) is 9.88. The second kappa shape index (κ2) is 4.60. The first-order chi connectivity index (χ1) is 8.27. The van der Waals surface area contributed by atoms with Gasteiger partial charge in [0.2, 0.25) is 5.43 Å². The molecule has 0 fully saturated rings. The van der Waals surface area contributed by atoms with Crippen LogP contribution in [0.25, 0.3) is 11.1 Å². The highest BCUT2D eigenvalue weighted by molar-refractivity contribution is 5.69. The summed E-state index contributed by atoms with van der Waals surface area (Å²) < 4.78 is 0. The van der Waals surface area contributed by atoms with E-state index in [1.54, 1.807) is 24.3 Å². The molecule has 0 unspecified atom stereocenters. The standard InChI is InChI=1S/C12H9N3O2/c13-5-8-3-1-2-4-9(8)10-6-14-15-11(7-16)12(10)17/h1-4,6,16H,7H2,(H,14,17). The van der Waals surface area contributed by atoms with Gasteiger partial charge in [-0.15, -0.1) is 0 Å². The lowest BCUT2D eigenvalue weighted by Crippen LogP contribution is -2.15. The average molecular weight is 227 g/mol. The molecule has 2 aromatic rings. The van der Waals surface area contributed by atoms with Crippen LogP contribution in [0.1, 0.15) is 11.3 Å². The van der Waals surface area contributed by atoms with Gasteiger partial charge in [0.15, 0.2) is 0 Å². The number of H-pyrrole nitrogens is 1. The van der Waals surface area contributed by atoms with Gasteiger partial charge in [-0.05, 0) is 6.07 Å². The second-order valence-electron chi connectivity index (χ2n) is 3.39. The summed E-state index contributed by atoms with van der Waals surface area (Å²) >= 11 is 0. The lowest BCUT2D eigenvalue weighted by molar-refractivity contribution is 0.274. The molecule has 0 aliphatic carbocycles. The van der Waals surface area contributed by atoms with E-state index in [0.717, 1.165) is 0 Å². The van der Waals surface area contributed by atoms with E-state index in [-0.39, 0.29) is 11.1 Å². The summed E-state index contributed by atoms with van der Waals surface area (Å²) in [5.74, 6) is 0. The Kier molecular flexibility index (Phi) is 2.99. The molecule has 17 heavy (non-hydrogen) atoms. The van der Waals surface area contributed by atoms with E-state index in [9.17, 15) is 4.79 Å². The van der Waals surface area contributed by atoms with Crippen molar-refractivity contribution in [3.63, 3.8) is 0 Å². The van der Waals surface area contributed by atoms with Gasteiger partial charge >= 0.3 is 0 Å². The molecule has 84 valence electrons. The number of aliphatic hydroxyl groups excluding tert-OH is 1. The van der Waals surface area contributed by atoms with E-state index in [1.807, 2.05) is 6.07 Å². The van der Waals surface area contributed by atoms with Crippen LogP contribution in [0.2, 0.25) is 0 Å². The molecule has 0 radical (unpaired) electrons. The molecule has 2 rings (SSSR count). The van der Waals surface area contributed by atoms with E-state index in [1.165, 1.54) is 6.20 Å².